The van der Waals surface area contributed by atoms with Crippen molar-refractivity contribution in [2.45, 2.75) is 52.9 Å². The summed E-state index contributed by atoms with van der Waals surface area (Å²) in [5, 5.41) is 3.69. The lowest BCUT2D eigenvalue weighted by Crippen LogP contribution is -2.35. The third kappa shape index (κ3) is 5.58. The molecule has 1 aromatic rings. The van der Waals surface area contributed by atoms with Crippen molar-refractivity contribution in [1.29, 1.82) is 0 Å². The van der Waals surface area contributed by atoms with Gasteiger partial charge in [-0.25, -0.2) is 0 Å². The fourth-order valence-electron chi connectivity index (χ4n) is 3.59. The second-order valence-corrected chi connectivity index (χ2v) is 8.87. The maximum Gasteiger partial charge on any atom is 0.0931 e. The van der Waals surface area contributed by atoms with Gasteiger partial charge in [0, 0.05) is 4.88 Å². The van der Waals surface area contributed by atoms with E-state index >= 15 is 0 Å². The monoisotopic (exact) mass is 327 g/mol. The molecule has 1 nitrogen and oxygen atoms in total. The normalized spacial score (nSPS) is 26.4. The van der Waals surface area contributed by atoms with Crippen molar-refractivity contribution in [3.05, 3.63) is 21.3 Å². The van der Waals surface area contributed by atoms with Crippen molar-refractivity contribution in [3.63, 3.8) is 0 Å². The number of rotatable bonds is 7. The molecular formula is C18H30ClNS. The molecule has 1 aliphatic rings. The van der Waals surface area contributed by atoms with E-state index in [1.807, 2.05) is 6.07 Å². The quantitative estimate of drug-likeness (QED) is 0.684. The lowest BCUT2D eigenvalue weighted by atomic mass is 9.71. The number of nitrogens with one attached hydrogen (secondary N) is 1. The third-order valence-electron chi connectivity index (χ3n) is 4.88. The van der Waals surface area contributed by atoms with Crippen molar-refractivity contribution in [2.75, 3.05) is 13.1 Å². The van der Waals surface area contributed by atoms with Crippen LogP contribution in [0.1, 0.15) is 51.3 Å². The molecule has 1 N–H and O–H groups in total. The Morgan fingerprint density at radius 3 is 2.71 bits per heavy atom. The number of thiophene rings is 1. The predicted octanol–water partition coefficient (Wildman–Crippen LogP) is 5.63. The first kappa shape index (κ1) is 17.3. The molecule has 1 fully saturated rings. The summed E-state index contributed by atoms with van der Waals surface area (Å²) in [6.07, 6.45) is 6.79. The second-order valence-electron chi connectivity index (χ2n) is 7.07. The summed E-state index contributed by atoms with van der Waals surface area (Å²) < 4.78 is 0.933. The molecule has 3 heteroatoms. The highest BCUT2D eigenvalue weighted by atomic mass is 35.5. The highest BCUT2D eigenvalue weighted by Crippen LogP contribution is 2.38. The average molecular weight is 328 g/mol. The van der Waals surface area contributed by atoms with E-state index in [4.69, 9.17) is 11.6 Å². The van der Waals surface area contributed by atoms with Gasteiger partial charge in [-0.05, 0) is 68.2 Å². The molecular weight excluding hydrogens is 298 g/mol. The van der Waals surface area contributed by atoms with Crippen LogP contribution in [0, 0.1) is 23.7 Å². The first-order chi connectivity index (χ1) is 10.1. The predicted molar refractivity (Wildman–Crippen MR) is 95.4 cm³/mol. The molecule has 0 spiro atoms. The fraction of sp³-hybridized carbons (Fsp3) is 0.778. The van der Waals surface area contributed by atoms with Crippen LogP contribution in [-0.4, -0.2) is 13.1 Å². The van der Waals surface area contributed by atoms with Crippen LogP contribution < -0.4 is 5.32 Å². The van der Waals surface area contributed by atoms with Gasteiger partial charge < -0.3 is 5.32 Å². The van der Waals surface area contributed by atoms with Gasteiger partial charge in [-0.15, -0.1) is 11.3 Å². The summed E-state index contributed by atoms with van der Waals surface area (Å²) >= 11 is 7.86. The van der Waals surface area contributed by atoms with Gasteiger partial charge >= 0.3 is 0 Å². The molecule has 0 radical (unpaired) electrons. The lowest BCUT2D eigenvalue weighted by molar-refractivity contribution is 0.171. The lowest BCUT2D eigenvalue weighted by Gasteiger charge is -2.36. The van der Waals surface area contributed by atoms with E-state index in [9.17, 15) is 0 Å². The topological polar surface area (TPSA) is 12.0 Å². The van der Waals surface area contributed by atoms with Gasteiger partial charge in [0.05, 0.1) is 4.34 Å². The van der Waals surface area contributed by atoms with Crippen LogP contribution in [0.4, 0.5) is 0 Å². The summed E-state index contributed by atoms with van der Waals surface area (Å²) in [5.41, 5.74) is 0. The zero-order chi connectivity index (χ0) is 15.2. The SMILES string of the molecule is CCC1CCC(CNCC(C)C)C(Cc2ccc(Cl)s2)C1. The molecule has 0 bridgehead atoms. The van der Waals surface area contributed by atoms with E-state index < -0.39 is 0 Å². The van der Waals surface area contributed by atoms with Crippen LogP contribution >= 0.6 is 22.9 Å². The molecule has 1 saturated carbocycles. The zero-order valence-electron chi connectivity index (χ0n) is 13.7. The van der Waals surface area contributed by atoms with Crippen molar-refractivity contribution in [3.8, 4) is 0 Å². The first-order valence-corrected chi connectivity index (χ1v) is 9.72. The third-order valence-corrected chi connectivity index (χ3v) is 6.13. The highest BCUT2D eigenvalue weighted by Gasteiger charge is 2.29. The van der Waals surface area contributed by atoms with Crippen LogP contribution in [0.25, 0.3) is 0 Å². The van der Waals surface area contributed by atoms with Gasteiger partial charge in [-0.2, -0.15) is 0 Å². The maximum atomic E-state index is 6.10. The standard InChI is InChI=1S/C18H30ClNS/c1-4-14-5-6-15(12-20-11-13(2)3)16(9-14)10-17-7-8-18(19)21-17/h7-8,13-16,20H,4-6,9-12H2,1-3H3. The zero-order valence-corrected chi connectivity index (χ0v) is 15.3. The molecule has 3 atom stereocenters. The average Bonchev–Trinajstić information content (AvgIpc) is 2.85. The Hall–Kier alpha value is -0.0500. The maximum absolute atomic E-state index is 6.10. The summed E-state index contributed by atoms with van der Waals surface area (Å²) in [6, 6.07) is 4.27. The number of halogens is 1. The number of hydrogen-bond acceptors (Lipinski definition) is 2. The van der Waals surface area contributed by atoms with E-state index in [1.165, 1.54) is 43.5 Å². The minimum atomic E-state index is 0.742. The minimum Gasteiger partial charge on any atom is -0.316 e. The summed E-state index contributed by atoms with van der Waals surface area (Å²) in [7, 11) is 0. The Labute approximate surface area is 139 Å². The minimum absolute atomic E-state index is 0.742. The van der Waals surface area contributed by atoms with E-state index in [0.29, 0.717) is 0 Å². The van der Waals surface area contributed by atoms with E-state index in [-0.39, 0.29) is 0 Å². The Balaban J connectivity index is 1.92. The van der Waals surface area contributed by atoms with Crippen LogP contribution in [0.15, 0.2) is 12.1 Å². The molecule has 0 aromatic carbocycles. The molecule has 0 aliphatic heterocycles. The van der Waals surface area contributed by atoms with Crippen LogP contribution in [0.2, 0.25) is 4.34 Å². The molecule has 120 valence electrons. The summed E-state index contributed by atoms with van der Waals surface area (Å²) in [5.74, 6) is 3.35. The van der Waals surface area contributed by atoms with E-state index in [2.05, 4.69) is 32.2 Å². The Morgan fingerprint density at radius 1 is 1.29 bits per heavy atom. The van der Waals surface area contributed by atoms with Gasteiger partial charge in [-0.1, -0.05) is 45.2 Å². The molecule has 2 rings (SSSR count). The summed E-state index contributed by atoms with van der Waals surface area (Å²) in [4.78, 5) is 1.47. The molecule has 0 saturated heterocycles. The fourth-order valence-corrected chi connectivity index (χ4v) is 4.77. The van der Waals surface area contributed by atoms with Crippen molar-refractivity contribution in [1.82, 2.24) is 5.32 Å². The Bertz CT molecular complexity index is 415. The van der Waals surface area contributed by atoms with Crippen molar-refractivity contribution < 1.29 is 0 Å². The molecule has 1 aliphatic carbocycles. The second kappa shape index (κ2) is 8.55. The summed E-state index contributed by atoms with van der Waals surface area (Å²) in [6.45, 7) is 9.25. The van der Waals surface area contributed by atoms with Crippen molar-refractivity contribution >= 4 is 22.9 Å². The van der Waals surface area contributed by atoms with Gasteiger partial charge in [0.2, 0.25) is 0 Å². The molecule has 1 aromatic heterocycles. The van der Waals surface area contributed by atoms with Gasteiger partial charge in [0.1, 0.15) is 0 Å². The smallest absolute Gasteiger partial charge is 0.0931 e. The molecule has 3 unspecified atom stereocenters. The van der Waals surface area contributed by atoms with Gasteiger partial charge in [-0.3, -0.25) is 0 Å². The first-order valence-electron chi connectivity index (χ1n) is 8.53. The van der Waals surface area contributed by atoms with Crippen LogP contribution in [0.3, 0.4) is 0 Å². The van der Waals surface area contributed by atoms with Gasteiger partial charge in [0.15, 0.2) is 0 Å². The van der Waals surface area contributed by atoms with Crippen LogP contribution in [-0.2, 0) is 6.42 Å². The van der Waals surface area contributed by atoms with Crippen LogP contribution in [0.5, 0.6) is 0 Å². The van der Waals surface area contributed by atoms with Crippen molar-refractivity contribution in [2.24, 2.45) is 23.7 Å². The Kier molecular flexibility index (Phi) is 7.04. The largest absolute Gasteiger partial charge is 0.316 e. The Morgan fingerprint density at radius 2 is 2.10 bits per heavy atom. The van der Waals surface area contributed by atoms with E-state index in [0.717, 1.165) is 34.6 Å². The highest BCUT2D eigenvalue weighted by molar-refractivity contribution is 7.16. The molecule has 0 amide bonds. The molecule has 21 heavy (non-hydrogen) atoms. The van der Waals surface area contributed by atoms with E-state index in [1.54, 1.807) is 11.3 Å². The molecule has 1 heterocycles. The van der Waals surface area contributed by atoms with Gasteiger partial charge in [0.25, 0.3) is 0 Å². The number of hydrogen-bond donors (Lipinski definition) is 1.